The summed E-state index contributed by atoms with van der Waals surface area (Å²) in [5.74, 6) is -3.94. The number of pyridine rings is 1. The number of fused-ring (bicyclic) bond motifs is 1. The lowest BCUT2D eigenvalue weighted by Crippen LogP contribution is -2.44. The number of hydrogen-bond donors (Lipinski definition) is 2. The lowest BCUT2D eigenvalue weighted by atomic mass is 9.69. The number of halogens is 2. The third-order valence-corrected chi connectivity index (χ3v) is 9.25. The number of aromatic hydroxyl groups is 1. The van der Waals surface area contributed by atoms with E-state index in [2.05, 4.69) is 5.32 Å². The zero-order valence-electron chi connectivity index (χ0n) is 22.6. The molecule has 0 radical (unpaired) electrons. The van der Waals surface area contributed by atoms with E-state index in [9.17, 15) is 32.8 Å². The van der Waals surface area contributed by atoms with Crippen LogP contribution >= 0.6 is 7.60 Å². The fourth-order valence-electron chi connectivity index (χ4n) is 4.79. The summed E-state index contributed by atoms with van der Waals surface area (Å²) < 4.78 is 51.9. The molecule has 0 aliphatic carbocycles. The molecule has 2 aromatic rings. The van der Waals surface area contributed by atoms with Gasteiger partial charge in [0.2, 0.25) is 5.43 Å². The largest absolute Gasteiger partial charge is 0.503 e. The van der Waals surface area contributed by atoms with Gasteiger partial charge in [-0.05, 0) is 38.7 Å². The van der Waals surface area contributed by atoms with E-state index in [0.717, 1.165) is 6.07 Å². The van der Waals surface area contributed by atoms with Gasteiger partial charge in [0.15, 0.2) is 11.5 Å². The molecule has 39 heavy (non-hydrogen) atoms. The van der Waals surface area contributed by atoms with Gasteiger partial charge < -0.3 is 24.0 Å². The first-order valence-corrected chi connectivity index (χ1v) is 14.7. The SMILES string of the molecule is CCOP(=O)(CCCCC1Cn2cc(C(=O)NCc3ccc(F)cc3F)c(=O)c(O)c2C(=O)C1(C)C)OCC. The van der Waals surface area contributed by atoms with Crippen LogP contribution < -0.4 is 10.7 Å². The molecule has 1 aliphatic rings. The average Bonchev–Trinajstić information content (AvgIpc) is 2.86. The van der Waals surface area contributed by atoms with E-state index in [-0.39, 0.29) is 49.6 Å². The van der Waals surface area contributed by atoms with Crippen molar-refractivity contribution in [3.8, 4) is 5.75 Å². The maximum atomic E-state index is 13.9. The predicted octanol–water partition coefficient (Wildman–Crippen LogP) is 5.04. The Kier molecular flexibility index (Phi) is 9.85. The number of nitrogens with one attached hydrogen (secondary N) is 1. The molecule has 0 saturated heterocycles. The summed E-state index contributed by atoms with van der Waals surface area (Å²) >= 11 is 0. The summed E-state index contributed by atoms with van der Waals surface area (Å²) in [5, 5.41) is 13.0. The fraction of sp³-hybridized carbons (Fsp3) is 0.519. The molecule has 1 amide bonds. The molecule has 1 unspecified atom stereocenters. The zero-order valence-corrected chi connectivity index (χ0v) is 23.5. The van der Waals surface area contributed by atoms with Crippen molar-refractivity contribution in [3.63, 3.8) is 0 Å². The number of rotatable bonds is 12. The number of ketones is 1. The third-order valence-electron chi connectivity index (χ3n) is 7.08. The number of nitrogens with zero attached hydrogens (tertiary/aromatic N) is 1. The van der Waals surface area contributed by atoms with Crippen molar-refractivity contribution >= 4 is 19.3 Å². The number of aromatic nitrogens is 1. The van der Waals surface area contributed by atoms with Crippen LogP contribution in [0.25, 0.3) is 0 Å². The summed E-state index contributed by atoms with van der Waals surface area (Å²) in [7, 11) is -3.18. The normalized spacial score (nSPS) is 16.7. The van der Waals surface area contributed by atoms with Crippen molar-refractivity contribution < 1.29 is 37.1 Å². The van der Waals surface area contributed by atoms with Crippen LogP contribution in [0.15, 0.2) is 29.2 Å². The van der Waals surface area contributed by atoms with Crippen LogP contribution in [-0.2, 0) is 26.7 Å². The average molecular weight is 569 g/mol. The van der Waals surface area contributed by atoms with Gasteiger partial charge in [0.25, 0.3) is 5.91 Å². The molecule has 3 rings (SSSR count). The molecule has 214 valence electrons. The number of hydrogen-bond acceptors (Lipinski definition) is 7. The van der Waals surface area contributed by atoms with Gasteiger partial charge in [0.1, 0.15) is 22.9 Å². The van der Waals surface area contributed by atoms with E-state index < -0.39 is 53.1 Å². The van der Waals surface area contributed by atoms with Gasteiger partial charge in [-0.3, -0.25) is 18.9 Å². The van der Waals surface area contributed by atoms with Crippen LogP contribution in [0.2, 0.25) is 0 Å². The molecule has 1 atom stereocenters. The Morgan fingerprint density at radius 2 is 1.85 bits per heavy atom. The smallest absolute Gasteiger partial charge is 0.330 e. The number of carbonyl (C=O) groups is 2. The lowest BCUT2D eigenvalue weighted by molar-refractivity contribution is 0.0622. The first-order chi connectivity index (χ1) is 18.3. The number of amides is 1. The quantitative estimate of drug-likeness (QED) is 0.272. The topological polar surface area (TPSA) is 124 Å². The van der Waals surface area contributed by atoms with Crippen molar-refractivity contribution in [1.29, 1.82) is 0 Å². The Morgan fingerprint density at radius 1 is 1.18 bits per heavy atom. The van der Waals surface area contributed by atoms with Crippen molar-refractivity contribution in [1.82, 2.24) is 9.88 Å². The molecule has 9 nitrogen and oxygen atoms in total. The van der Waals surface area contributed by atoms with Crippen molar-refractivity contribution in [2.45, 2.75) is 60.0 Å². The molecule has 0 fully saturated rings. The number of Topliss-reactive ketones (excluding diaryl/α,β-unsaturated/α-hetero) is 1. The highest BCUT2D eigenvalue weighted by Crippen LogP contribution is 2.49. The van der Waals surface area contributed by atoms with Crippen LogP contribution in [-0.4, -0.2) is 40.7 Å². The molecule has 2 N–H and O–H groups in total. The highest BCUT2D eigenvalue weighted by atomic mass is 31.2. The van der Waals surface area contributed by atoms with E-state index in [1.807, 2.05) is 0 Å². The standard InChI is InChI=1S/C27H35F2N2O7P/c1-5-37-39(36,38-6-2)12-8-7-9-18-15-31-16-20(23(32)24(33)22(31)25(34)27(18,3)4)26(35)30-14-17-10-11-19(28)13-21(17)29/h10-11,13,16,18,33H,5-9,12,14-15H2,1-4H3,(H,30,35). The van der Waals surface area contributed by atoms with Gasteiger partial charge in [0, 0.05) is 36.3 Å². The molecular weight excluding hydrogens is 533 g/mol. The molecule has 0 spiro atoms. The first kappa shape index (κ1) is 30.7. The minimum atomic E-state index is -3.18. The minimum absolute atomic E-state index is 0.0160. The summed E-state index contributed by atoms with van der Waals surface area (Å²) in [5.41, 5.74) is -2.47. The van der Waals surface area contributed by atoms with Gasteiger partial charge in [0.05, 0.1) is 19.4 Å². The highest BCUT2D eigenvalue weighted by Gasteiger charge is 2.44. The monoisotopic (exact) mass is 568 g/mol. The van der Waals surface area contributed by atoms with Crippen LogP contribution in [0.5, 0.6) is 5.75 Å². The van der Waals surface area contributed by atoms with Gasteiger partial charge in [-0.15, -0.1) is 0 Å². The molecule has 2 heterocycles. The summed E-state index contributed by atoms with van der Waals surface area (Å²) in [6.45, 7) is 7.47. The number of benzene rings is 1. The molecule has 12 heteroatoms. The number of unbranched alkanes of at least 4 members (excludes halogenated alkanes) is 1. The maximum Gasteiger partial charge on any atom is 0.330 e. The Balaban J connectivity index is 1.77. The number of carbonyl (C=O) groups excluding carboxylic acids is 2. The third kappa shape index (κ3) is 6.83. The minimum Gasteiger partial charge on any atom is -0.503 e. The second-order valence-corrected chi connectivity index (χ2v) is 12.2. The van der Waals surface area contributed by atoms with Crippen LogP contribution in [0.1, 0.15) is 73.4 Å². The van der Waals surface area contributed by atoms with E-state index in [1.165, 1.54) is 16.8 Å². The van der Waals surface area contributed by atoms with Gasteiger partial charge in [-0.1, -0.05) is 26.3 Å². The fourth-order valence-corrected chi connectivity index (χ4v) is 6.52. The predicted molar refractivity (Wildman–Crippen MR) is 141 cm³/mol. The summed E-state index contributed by atoms with van der Waals surface area (Å²) in [6, 6.07) is 2.90. The molecule has 1 aromatic carbocycles. The van der Waals surface area contributed by atoms with Crippen molar-refractivity contribution in [2.75, 3.05) is 19.4 Å². The molecular formula is C27H35F2N2O7P. The van der Waals surface area contributed by atoms with Crippen LogP contribution in [0, 0.1) is 23.0 Å². The first-order valence-electron chi connectivity index (χ1n) is 13.0. The highest BCUT2D eigenvalue weighted by molar-refractivity contribution is 7.53. The Bertz CT molecular complexity index is 1330. The van der Waals surface area contributed by atoms with Crippen LogP contribution in [0.3, 0.4) is 0 Å². The molecule has 1 aliphatic heterocycles. The van der Waals surface area contributed by atoms with E-state index >= 15 is 0 Å². The maximum absolute atomic E-state index is 13.9. The van der Waals surface area contributed by atoms with E-state index in [1.54, 1.807) is 27.7 Å². The Labute approximate surface area is 226 Å². The van der Waals surface area contributed by atoms with Crippen molar-refractivity contribution in [2.24, 2.45) is 11.3 Å². The van der Waals surface area contributed by atoms with E-state index in [0.29, 0.717) is 25.3 Å². The van der Waals surface area contributed by atoms with Crippen molar-refractivity contribution in [3.05, 3.63) is 63.1 Å². The molecule has 0 saturated carbocycles. The summed E-state index contributed by atoms with van der Waals surface area (Å²) in [4.78, 5) is 39.0. The zero-order chi connectivity index (χ0) is 29.0. The Morgan fingerprint density at radius 3 is 2.46 bits per heavy atom. The molecule has 0 bridgehead atoms. The second-order valence-electron chi connectivity index (χ2n) is 10.1. The second kappa shape index (κ2) is 12.5. The summed E-state index contributed by atoms with van der Waals surface area (Å²) in [6.07, 6.45) is 3.23. The van der Waals surface area contributed by atoms with Crippen LogP contribution in [0.4, 0.5) is 8.78 Å². The van der Waals surface area contributed by atoms with E-state index in [4.69, 9.17) is 9.05 Å². The lowest BCUT2D eigenvalue weighted by Gasteiger charge is -2.39. The van der Waals surface area contributed by atoms with Gasteiger partial charge >= 0.3 is 7.60 Å². The van der Waals surface area contributed by atoms with Gasteiger partial charge in [-0.2, -0.15) is 0 Å². The Hall–Kier alpha value is -2.88. The van der Waals surface area contributed by atoms with Gasteiger partial charge in [-0.25, -0.2) is 8.78 Å². The molecule has 1 aromatic heterocycles.